The van der Waals surface area contributed by atoms with Gasteiger partial charge in [-0.2, -0.15) is 0 Å². The first-order chi connectivity index (χ1) is 51.5. The highest BCUT2D eigenvalue weighted by Crippen LogP contribution is 2.59. The molecule has 14 aromatic carbocycles. The van der Waals surface area contributed by atoms with Gasteiger partial charge in [-0.1, -0.05) is 299 Å². The summed E-state index contributed by atoms with van der Waals surface area (Å²) in [5.41, 5.74) is 20.5. The first-order valence-corrected chi connectivity index (χ1v) is 34.7. The van der Waals surface area contributed by atoms with Crippen molar-refractivity contribution in [1.29, 1.82) is 0 Å². The summed E-state index contributed by atoms with van der Waals surface area (Å²) in [7, 11) is 0. The lowest BCUT2D eigenvalue weighted by molar-refractivity contribution is 0.590. The maximum absolute atomic E-state index is 10.4. The van der Waals surface area contributed by atoms with Gasteiger partial charge < -0.3 is 18.8 Å². The molecule has 3 heterocycles. The molecule has 0 fully saturated rings. The topological polar surface area (TPSA) is 15.8 Å². The summed E-state index contributed by atoms with van der Waals surface area (Å²) in [5, 5.41) is 4.33. The van der Waals surface area contributed by atoms with Crippen LogP contribution in [0.25, 0.3) is 121 Å². The van der Waals surface area contributed by atoms with E-state index in [1.165, 1.54) is 5.56 Å². The number of benzene rings is 14. The van der Waals surface area contributed by atoms with Gasteiger partial charge >= 0.3 is 0 Å². The van der Waals surface area contributed by atoms with Crippen molar-refractivity contribution < 1.29 is 9.60 Å². The highest BCUT2D eigenvalue weighted by Gasteiger charge is 2.35. The van der Waals surface area contributed by atoms with Gasteiger partial charge in [-0.3, -0.25) is 0 Å². The zero-order valence-corrected chi connectivity index (χ0v) is 57.8. The van der Waals surface area contributed by atoms with E-state index >= 15 is 0 Å². The minimum atomic E-state index is -0.791. The standard InChI is InChI=1S/C96H80N4/c1-94(2,3)69-53-54-76-75-47-25-28-50-83(75)97(86(76)60-69)73-45-32-46-74(61-73)99(92-81(66-39-21-13-22-40-66)58-71(96(7,8)9)59-82(92)67-41-23-14-24-42-67)88-62-87(89-77-48-26-29-51-84(77)100-85-52-30-27-49-78(85)90(88)93(89)100)98(72-44-31-43-68(55-72)63-33-15-10-16-34-63)91-79(64-35-17-11-18-36-64)56-70(95(4,5)6)57-80(91)65-37-19-12-20-38-65/h10-62H,1-9H3/i25D,28D,47D,50D,53D,54D,60D. The number of hydrogen-bond acceptors (Lipinski definition) is 2. The molecular formula is C96H80N4. The molecule has 0 radical (unpaired) electrons. The Morgan fingerprint density at radius 2 is 0.690 bits per heavy atom. The Morgan fingerprint density at radius 1 is 0.300 bits per heavy atom. The van der Waals surface area contributed by atoms with Gasteiger partial charge in [0.25, 0.3) is 0 Å². The van der Waals surface area contributed by atoms with Gasteiger partial charge in [0.1, 0.15) is 0 Å². The zero-order chi connectivity index (χ0) is 74.3. The van der Waals surface area contributed by atoms with Crippen LogP contribution in [-0.4, -0.2) is 8.97 Å². The average molecular weight is 1300 g/mol. The maximum Gasteiger partial charge on any atom is 0.0662 e. The van der Waals surface area contributed by atoms with Crippen LogP contribution in [0.5, 0.6) is 0 Å². The molecule has 4 nitrogen and oxygen atoms in total. The van der Waals surface area contributed by atoms with Crippen molar-refractivity contribution in [2.75, 3.05) is 9.80 Å². The third-order valence-electron chi connectivity index (χ3n) is 20.0. The Labute approximate surface area is 597 Å². The van der Waals surface area contributed by atoms with Crippen LogP contribution >= 0.6 is 0 Å². The molecule has 17 aromatic rings. The van der Waals surface area contributed by atoms with Crippen molar-refractivity contribution in [3.05, 3.63) is 338 Å². The second-order valence-electron chi connectivity index (χ2n) is 29.6. The van der Waals surface area contributed by atoms with E-state index in [-0.39, 0.29) is 62.8 Å². The summed E-state index contributed by atoms with van der Waals surface area (Å²) in [5.74, 6) is 0. The summed E-state index contributed by atoms with van der Waals surface area (Å²) in [6.07, 6.45) is 0. The van der Waals surface area contributed by atoms with Gasteiger partial charge in [-0.15, -0.1) is 0 Å². The monoisotopic (exact) mass is 1300 g/mol. The van der Waals surface area contributed by atoms with Crippen molar-refractivity contribution >= 4 is 94.0 Å². The van der Waals surface area contributed by atoms with Crippen molar-refractivity contribution in [2.24, 2.45) is 0 Å². The maximum atomic E-state index is 10.4. The number of fused-ring (bicyclic) bond motifs is 9. The SMILES string of the molecule is [2H]c1c([2H])c([2H])c2c(c1[2H])c1c([2H])c([2H])c(C(C)(C)C)c([2H])c1n2-c1cccc(N(c2c(-c3ccccc3)cc(C(C)(C)C)cc2-c2ccccc2)c2cc(N(c3cccc(-c4ccccc4)c3)c3c(-c4ccccc4)cc(C(C)(C)C)cc3-c3ccccc3)c3c4ccccc4n4c5ccccc5c2c34)c1. The summed E-state index contributed by atoms with van der Waals surface area (Å²) < 4.78 is 72.3. The van der Waals surface area contributed by atoms with Crippen molar-refractivity contribution in [3.63, 3.8) is 0 Å². The quantitative estimate of drug-likeness (QED) is 0.121. The second-order valence-corrected chi connectivity index (χ2v) is 29.6. The summed E-state index contributed by atoms with van der Waals surface area (Å²) in [6, 6.07) is 98.4. The highest BCUT2D eigenvalue weighted by atomic mass is 15.2. The van der Waals surface area contributed by atoms with E-state index in [9.17, 15) is 8.22 Å². The van der Waals surface area contributed by atoms with Gasteiger partial charge in [0.2, 0.25) is 0 Å². The Kier molecular flexibility index (Phi) is 13.1. The van der Waals surface area contributed by atoms with E-state index in [4.69, 9.17) is 1.37 Å². The number of rotatable bonds is 12. The van der Waals surface area contributed by atoms with Crippen LogP contribution in [-0.2, 0) is 16.2 Å². The molecule has 4 heteroatoms. The summed E-state index contributed by atoms with van der Waals surface area (Å²) in [6.45, 7) is 19.5. The molecule has 0 saturated carbocycles. The molecule has 0 unspecified atom stereocenters. The van der Waals surface area contributed by atoms with E-state index < -0.39 is 17.5 Å². The number of para-hydroxylation sites is 3. The van der Waals surface area contributed by atoms with E-state index in [1.54, 1.807) is 4.57 Å². The molecular weight excluding hydrogens is 1210 g/mol. The van der Waals surface area contributed by atoms with Crippen LogP contribution in [0, 0.1) is 0 Å². The Bertz CT molecular complexity index is 6260. The van der Waals surface area contributed by atoms with Gasteiger partial charge in [-0.25, -0.2) is 0 Å². The number of nitrogens with zero attached hydrogens (tertiary/aromatic N) is 4. The fourth-order valence-corrected chi connectivity index (χ4v) is 15.0. The highest BCUT2D eigenvalue weighted by molar-refractivity contribution is 6.32. The third-order valence-corrected chi connectivity index (χ3v) is 20.0. The van der Waals surface area contributed by atoms with Crippen LogP contribution < -0.4 is 9.80 Å². The summed E-state index contributed by atoms with van der Waals surface area (Å²) in [4.78, 5) is 5.00. The first-order valence-electron chi connectivity index (χ1n) is 38.2. The second kappa shape index (κ2) is 24.1. The smallest absolute Gasteiger partial charge is 0.0662 e. The average Bonchev–Trinajstić information content (AvgIpc) is 1.55. The number of anilines is 6. The van der Waals surface area contributed by atoms with Crippen LogP contribution in [0.3, 0.4) is 0 Å². The molecule has 0 N–H and O–H groups in total. The molecule has 0 spiro atoms. The lowest BCUT2D eigenvalue weighted by Gasteiger charge is -2.36. The van der Waals surface area contributed by atoms with Gasteiger partial charge in [0, 0.05) is 71.6 Å². The molecule has 3 aromatic heterocycles. The number of hydrogen-bond donors (Lipinski definition) is 0. The van der Waals surface area contributed by atoms with Crippen molar-refractivity contribution in [3.8, 4) is 61.3 Å². The van der Waals surface area contributed by atoms with Crippen molar-refractivity contribution in [2.45, 2.75) is 78.6 Å². The number of aromatic nitrogens is 2. The van der Waals surface area contributed by atoms with E-state index in [0.29, 0.717) is 16.9 Å². The van der Waals surface area contributed by atoms with Gasteiger partial charge in [0.15, 0.2) is 0 Å². The minimum Gasteiger partial charge on any atom is -0.309 e. The minimum absolute atomic E-state index is 0.0243. The molecule has 100 heavy (non-hydrogen) atoms. The third kappa shape index (κ3) is 10.5. The Morgan fingerprint density at radius 3 is 1.15 bits per heavy atom. The Balaban J connectivity index is 1.12. The molecule has 17 rings (SSSR count). The van der Waals surface area contributed by atoms with E-state index in [1.807, 2.05) is 32.9 Å². The van der Waals surface area contributed by atoms with Gasteiger partial charge in [-0.05, 0) is 151 Å². The van der Waals surface area contributed by atoms with Crippen LogP contribution in [0.15, 0.2) is 321 Å². The fraction of sp³-hybridized carbons (Fsp3) is 0.125. The Hall–Kier alpha value is -11.7. The molecule has 0 aliphatic rings. The van der Waals surface area contributed by atoms with Crippen molar-refractivity contribution in [1.82, 2.24) is 8.97 Å². The molecule has 0 aliphatic heterocycles. The van der Waals surface area contributed by atoms with Gasteiger partial charge in [0.05, 0.1) is 59.9 Å². The molecule has 0 saturated heterocycles. The fourth-order valence-electron chi connectivity index (χ4n) is 15.0. The van der Waals surface area contributed by atoms with Crippen LogP contribution in [0.4, 0.5) is 34.1 Å². The first kappa shape index (κ1) is 54.3. The zero-order valence-electron chi connectivity index (χ0n) is 64.8. The lowest BCUT2D eigenvalue weighted by atomic mass is 9.81. The molecule has 0 atom stereocenters. The molecule has 484 valence electrons. The normalized spacial score (nSPS) is 13.2. The van der Waals surface area contributed by atoms with E-state index in [0.717, 1.165) is 128 Å². The van der Waals surface area contributed by atoms with Crippen LogP contribution in [0.2, 0.25) is 0 Å². The predicted molar refractivity (Wildman–Crippen MR) is 428 cm³/mol. The lowest BCUT2D eigenvalue weighted by Crippen LogP contribution is -2.19. The molecule has 0 bridgehead atoms. The van der Waals surface area contributed by atoms with Crippen LogP contribution in [0.1, 0.15) is 88.6 Å². The van der Waals surface area contributed by atoms with E-state index in [2.05, 4.69) is 323 Å². The molecule has 0 aliphatic carbocycles. The predicted octanol–water partition coefficient (Wildman–Crippen LogP) is 27.1. The largest absolute Gasteiger partial charge is 0.309 e. The molecule has 0 amide bonds. The summed E-state index contributed by atoms with van der Waals surface area (Å²) >= 11 is 0.